The van der Waals surface area contributed by atoms with Crippen LogP contribution in [-0.4, -0.2) is 23.5 Å². The Kier molecular flexibility index (Phi) is 5.29. The summed E-state index contributed by atoms with van der Waals surface area (Å²) in [5, 5.41) is 11.3. The highest BCUT2D eigenvalue weighted by atomic mass is 16.4. The van der Waals surface area contributed by atoms with Crippen LogP contribution in [0.25, 0.3) is 0 Å². The zero-order chi connectivity index (χ0) is 12.0. The first-order chi connectivity index (χ1) is 7.59. The van der Waals surface area contributed by atoms with E-state index in [-0.39, 0.29) is 18.2 Å². The van der Waals surface area contributed by atoms with Gasteiger partial charge in [-0.05, 0) is 25.2 Å². The van der Waals surface area contributed by atoms with Crippen LogP contribution in [0.5, 0.6) is 0 Å². The van der Waals surface area contributed by atoms with Gasteiger partial charge in [0.05, 0.1) is 0 Å². The van der Waals surface area contributed by atoms with Crippen LogP contribution in [0.1, 0.15) is 45.4 Å². The molecule has 2 unspecified atom stereocenters. The highest BCUT2D eigenvalue weighted by Crippen LogP contribution is 2.28. The van der Waals surface area contributed by atoms with Crippen molar-refractivity contribution in [2.75, 3.05) is 6.54 Å². The molecule has 1 saturated carbocycles. The minimum Gasteiger partial charge on any atom is -0.481 e. The van der Waals surface area contributed by atoms with Crippen LogP contribution in [0, 0.1) is 11.8 Å². The number of carboxylic acids is 1. The number of carbonyl (C=O) groups excluding carboxylic acids is 1. The van der Waals surface area contributed by atoms with E-state index in [1.54, 1.807) is 0 Å². The van der Waals surface area contributed by atoms with Gasteiger partial charge in [0.25, 0.3) is 0 Å². The van der Waals surface area contributed by atoms with E-state index >= 15 is 0 Å². The summed E-state index contributed by atoms with van der Waals surface area (Å²) in [6, 6.07) is 0. The maximum atomic E-state index is 11.7. The minimum atomic E-state index is -0.805. The lowest BCUT2D eigenvalue weighted by Gasteiger charge is -2.25. The SMILES string of the molecule is CC1CCCC(C(=O)NCCCC(=O)O)C1. The third-order valence-electron chi connectivity index (χ3n) is 3.17. The van der Waals surface area contributed by atoms with Gasteiger partial charge in [0.15, 0.2) is 0 Å². The topological polar surface area (TPSA) is 66.4 Å². The number of carbonyl (C=O) groups is 2. The number of hydrogen-bond donors (Lipinski definition) is 2. The van der Waals surface area contributed by atoms with Gasteiger partial charge in [-0.1, -0.05) is 19.8 Å². The smallest absolute Gasteiger partial charge is 0.303 e. The Labute approximate surface area is 96.4 Å². The van der Waals surface area contributed by atoms with Gasteiger partial charge in [-0.3, -0.25) is 9.59 Å². The average molecular weight is 227 g/mol. The number of rotatable bonds is 5. The second kappa shape index (κ2) is 6.51. The van der Waals surface area contributed by atoms with E-state index in [4.69, 9.17) is 5.11 Å². The van der Waals surface area contributed by atoms with Crippen molar-refractivity contribution in [3.8, 4) is 0 Å². The van der Waals surface area contributed by atoms with Crippen molar-refractivity contribution in [1.82, 2.24) is 5.32 Å². The molecule has 1 aliphatic carbocycles. The third kappa shape index (κ3) is 4.64. The molecule has 0 spiro atoms. The summed E-state index contributed by atoms with van der Waals surface area (Å²) in [5.74, 6) is 0.0922. The molecule has 4 heteroatoms. The van der Waals surface area contributed by atoms with Crippen LogP contribution in [0.15, 0.2) is 0 Å². The van der Waals surface area contributed by atoms with Crippen LogP contribution in [0.2, 0.25) is 0 Å². The van der Waals surface area contributed by atoms with E-state index in [1.807, 2.05) is 0 Å². The third-order valence-corrected chi connectivity index (χ3v) is 3.17. The molecule has 1 rings (SSSR count). The Balaban J connectivity index is 2.16. The molecule has 0 heterocycles. The molecule has 92 valence electrons. The van der Waals surface area contributed by atoms with E-state index in [0.29, 0.717) is 18.9 Å². The summed E-state index contributed by atoms with van der Waals surface area (Å²) in [6.07, 6.45) is 4.96. The lowest BCUT2D eigenvalue weighted by atomic mass is 9.82. The van der Waals surface area contributed by atoms with Gasteiger partial charge in [-0.15, -0.1) is 0 Å². The minimum absolute atomic E-state index is 0.108. The predicted octanol–water partition coefficient (Wildman–Crippen LogP) is 1.79. The Morgan fingerprint density at radius 3 is 2.75 bits per heavy atom. The summed E-state index contributed by atoms with van der Waals surface area (Å²) < 4.78 is 0. The molecule has 0 saturated heterocycles. The second-order valence-corrected chi connectivity index (χ2v) is 4.76. The van der Waals surface area contributed by atoms with Gasteiger partial charge >= 0.3 is 5.97 Å². The zero-order valence-corrected chi connectivity index (χ0v) is 9.87. The second-order valence-electron chi connectivity index (χ2n) is 4.76. The van der Waals surface area contributed by atoms with Crippen molar-refractivity contribution < 1.29 is 14.7 Å². The summed E-state index contributed by atoms with van der Waals surface area (Å²) in [4.78, 5) is 22.0. The van der Waals surface area contributed by atoms with E-state index in [2.05, 4.69) is 12.2 Å². The number of carboxylic acid groups (broad SMARTS) is 1. The highest BCUT2D eigenvalue weighted by molar-refractivity contribution is 5.78. The quantitative estimate of drug-likeness (QED) is 0.704. The summed E-state index contributed by atoms with van der Waals surface area (Å²) >= 11 is 0. The molecule has 1 amide bonds. The molecule has 0 aromatic carbocycles. The predicted molar refractivity (Wildman–Crippen MR) is 61.0 cm³/mol. The van der Waals surface area contributed by atoms with Gasteiger partial charge in [0, 0.05) is 18.9 Å². The molecule has 0 aromatic rings. The molecule has 4 nitrogen and oxygen atoms in total. The monoisotopic (exact) mass is 227 g/mol. The molecule has 2 N–H and O–H groups in total. The molecular formula is C12H21NO3. The van der Waals surface area contributed by atoms with Gasteiger partial charge in [-0.2, -0.15) is 0 Å². The molecule has 0 radical (unpaired) electrons. The molecule has 0 aromatic heterocycles. The van der Waals surface area contributed by atoms with Crippen molar-refractivity contribution in [3.63, 3.8) is 0 Å². The van der Waals surface area contributed by atoms with E-state index < -0.39 is 5.97 Å². The van der Waals surface area contributed by atoms with Gasteiger partial charge in [-0.25, -0.2) is 0 Å². The number of hydrogen-bond acceptors (Lipinski definition) is 2. The van der Waals surface area contributed by atoms with Crippen LogP contribution in [0.4, 0.5) is 0 Å². The van der Waals surface area contributed by atoms with E-state index in [9.17, 15) is 9.59 Å². The van der Waals surface area contributed by atoms with E-state index in [0.717, 1.165) is 19.3 Å². The van der Waals surface area contributed by atoms with Crippen molar-refractivity contribution in [2.45, 2.75) is 45.4 Å². The molecule has 1 fully saturated rings. The largest absolute Gasteiger partial charge is 0.481 e. The van der Waals surface area contributed by atoms with Crippen LogP contribution in [0.3, 0.4) is 0 Å². The van der Waals surface area contributed by atoms with E-state index in [1.165, 1.54) is 6.42 Å². The maximum absolute atomic E-state index is 11.7. The number of amides is 1. The highest BCUT2D eigenvalue weighted by Gasteiger charge is 2.24. The fourth-order valence-corrected chi connectivity index (χ4v) is 2.27. The average Bonchev–Trinajstić information content (AvgIpc) is 2.24. The Bertz CT molecular complexity index is 253. The molecular weight excluding hydrogens is 206 g/mol. The first-order valence-electron chi connectivity index (χ1n) is 6.09. The van der Waals surface area contributed by atoms with Crippen LogP contribution in [-0.2, 0) is 9.59 Å². The molecule has 1 aliphatic rings. The fraction of sp³-hybridized carbons (Fsp3) is 0.833. The summed E-state index contributed by atoms with van der Waals surface area (Å²) in [6.45, 7) is 2.67. The molecule has 16 heavy (non-hydrogen) atoms. The first-order valence-corrected chi connectivity index (χ1v) is 6.09. The maximum Gasteiger partial charge on any atom is 0.303 e. The summed E-state index contributed by atoms with van der Waals surface area (Å²) in [7, 11) is 0. The van der Waals surface area contributed by atoms with Crippen molar-refractivity contribution in [3.05, 3.63) is 0 Å². The fourth-order valence-electron chi connectivity index (χ4n) is 2.27. The van der Waals surface area contributed by atoms with Gasteiger partial charge in [0.2, 0.25) is 5.91 Å². The molecule has 2 atom stereocenters. The zero-order valence-electron chi connectivity index (χ0n) is 9.87. The Morgan fingerprint density at radius 1 is 1.38 bits per heavy atom. The van der Waals surface area contributed by atoms with Crippen molar-refractivity contribution >= 4 is 11.9 Å². The standard InChI is InChI=1S/C12H21NO3/c1-9-4-2-5-10(8-9)12(16)13-7-3-6-11(14)15/h9-10H,2-8H2,1H3,(H,13,16)(H,14,15). The van der Waals surface area contributed by atoms with Gasteiger partial charge < -0.3 is 10.4 Å². The lowest BCUT2D eigenvalue weighted by molar-refractivity contribution is -0.137. The molecule has 0 bridgehead atoms. The normalized spacial score (nSPS) is 25.1. The lowest BCUT2D eigenvalue weighted by Crippen LogP contribution is -2.34. The van der Waals surface area contributed by atoms with Crippen LogP contribution >= 0.6 is 0 Å². The number of nitrogens with one attached hydrogen (secondary N) is 1. The first kappa shape index (κ1) is 13.0. The van der Waals surface area contributed by atoms with Crippen molar-refractivity contribution in [1.29, 1.82) is 0 Å². The van der Waals surface area contributed by atoms with Crippen LogP contribution < -0.4 is 5.32 Å². The van der Waals surface area contributed by atoms with Crippen molar-refractivity contribution in [2.24, 2.45) is 11.8 Å². The molecule has 0 aliphatic heterocycles. The van der Waals surface area contributed by atoms with Gasteiger partial charge in [0.1, 0.15) is 0 Å². The Hall–Kier alpha value is -1.06. The summed E-state index contributed by atoms with van der Waals surface area (Å²) in [5.41, 5.74) is 0. The Morgan fingerprint density at radius 2 is 2.12 bits per heavy atom. The number of aliphatic carboxylic acids is 1.